The van der Waals surface area contributed by atoms with E-state index >= 15 is 0 Å². The summed E-state index contributed by atoms with van der Waals surface area (Å²) >= 11 is 5.92. The van der Waals surface area contributed by atoms with Crippen LogP contribution in [0.4, 0.5) is 0 Å². The van der Waals surface area contributed by atoms with Crippen molar-refractivity contribution < 1.29 is 9.21 Å². The van der Waals surface area contributed by atoms with Crippen LogP contribution in [0.25, 0.3) is 11.5 Å². The van der Waals surface area contributed by atoms with Gasteiger partial charge in [-0.25, -0.2) is 0 Å². The largest absolute Gasteiger partial charge is 0.419 e. The molecule has 2 fully saturated rings. The molecule has 0 bridgehead atoms. The van der Waals surface area contributed by atoms with Crippen molar-refractivity contribution in [3.63, 3.8) is 0 Å². The molecular weight excluding hydrogens is 352 g/mol. The van der Waals surface area contributed by atoms with Gasteiger partial charge in [-0.2, -0.15) is 0 Å². The third-order valence-electron chi connectivity index (χ3n) is 5.21. The molecule has 0 aliphatic carbocycles. The van der Waals surface area contributed by atoms with E-state index in [4.69, 9.17) is 16.0 Å². The number of amides is 1. The Morgan fingerprint density at radius 1 is 1.08 bits per heavy atom. The smallest absolute Gasteiger partial charge is 0.247 e. The summed E-state index contributed by atoms with van der Waals surface area (Å²) in [7, 11) is 0. The molecule has 0 N–H and O–H groups in total. The number of hydrogen-bond acceptors (Lipinski definition) is 5. The van der Waals surface area contributed by atoms with Gasteiger partial charge in [0.2, 0.25) is 17.7 Å². The zero-order valence-corrected chi connectivity index (χ0v) is 15.5. The monoisotopic (exact) mass is 374 g/mol. The second kappa shape index (κ2) is 7.76. The van der Waals surface area contributed by atoms with E-state index in [0.717, 1.165) is 57.3 Å². The predicted molar refractivity (Wildman–Crippen MR) is 98.6 cm³/mol. The highest BCUT2D eigenvalue weighted by Crippen LogP contribution is 2.25. The molecule has 7 heteroatoms. The average Bonchev–Trinajstić information content (AvgIpc) is 3.34. The Labute approximate surface area is 158 Å². The maximum atomic E-state index is 12.9. The molecule has 0 saturated carbocycles. The lowest BCUT2D eigenvalue weighted by atomic mass is 10.0. The number of aromatic nitrogens is 2. The Hall–Kier alpha value is -1.92. The molecule has 4 rings (SSSR count). The van der Waals surface area contributed by atoms with Gasteiger partial charge in [-0.1, -0.05) is 18.0 Å². The number of halogens is 1. The zero-order chi connectivity index (χ0) is 17.9. The highest BCUT2D eigenvalue weighted by molar-refractivity contribution is 6.30. The SMILES string of the molecule is O=C(C1CCCCN1Cc1nnc(-c2ccc(Cl)cc2)o1)N1CCCC1. The van der Waals surface area contributed by atoms with Crippen molar-refractivity contribution in [2.45, 2.75) is 44.7 Å². The summed E-state index contributed by atoms with van der Waals surface area (Å²) < 4.78 is 5.83. The van der Waals surface area contributed by atoms with Gasteiger partial charge >= 0.3 is 0 Å². The zero-order valence-electron chi connectivity index (χ0n) is 14.7. The van der Waals surface area contributed by atoms with Gasteiger partial charge in [0.05, 0.1) is 12.6 Å². The lowest BCUT2D eigenvalue weighted by molar-refractivity contribution is -0.137. The molecule has 1 atom stereocenters. The summed E-state index contributed by atoms with van der Waals surface area (Å²) in [6, 6.07) is 7.26. The number of nitrogens with zero attached hydrogens (tertiary/aromatic N) is 4. The number of likely N-dealkylation sites (tertiary alicyclic amines) is 2. The minimum Gasteiger partial charge on any atom is -0.419 e. The van der Waals surface area contributed by atoms with Crippen LogP contribution in [0, 0.1) is 0 Å². The van der Waals surface area contributed by atoms with Crippen LogP contribution in [0.5, 0.6) is 0 Å². The molecule has 2 saturated heterocycles. The van der Waals surface area contributed by atoms with Crippen LogP contribution in [-0.2, 0) is 11.3 Å². The molecule has 26 heavy (non-hydrogen) atoms. The van der Waals surface area contributed by atoms with Crippen molar-refractivity contribution >= 4 is 17.5 Å². The van der Waals surface area contributed by atoms with Crippen LogP contribution in [-0.4, -0.2) is 51.6 Å². The van der Waals surface area contributed by atoms with Crippen LogP contribution in [0.1, 0.15) is 38.0 Å². The number of piperidine rings is 1. The fourth-order valence-corrected chi connectivity index (χ4v) is 3.93. The van der Waals surface area contributed by atoms with Crippen LogP contribution in [0.2, 0.25) is 5.02 Å². The molecule has 1 unspecified atom stereocenters. The molecule has 6 nitrogen and oxygen atoms in total. The summed E-state index contributed by atoms with van der Waals surface area (Å²) in [6.07, 6.45) is 5.34. The minimum absolute atomic E-state index is 0.0623. The molecule has 2 aromatic rings. The summed E-state index contributed by atoms with van der Waals surface area (Å²) in [4.78, 5) is 17.1. The minimum atomic E-state index is -0.0623. The Bertz CT molecular complexity index is 755. The highest BCUT2D eigenvalue weighted by Gasteiger charge is 2.33. The van der Waals surface area contributed by atoms with Crippen molar-refractivity contribution in [2.75, 3.05) is 19.6 Å². The third-order valence-corrected chi connectivity index (χ3v) is 5.46. The Kier molecular flexibility index (Phi) is 5.22. The fourth-order valence-electron chi connectivity index (χ4n) is 3.81. The van der Waals surface area contributed by atoms with E-state index in [0.29, 0.717) is 23.3 Å². The van der Waals surface area contributed by atoms with Gasteiger partial charge in [0.1, 0.15) is 0 Å². The summed E-state index contributed by atoms with van der Waals surface area (Å²) in [5, 5.41) is 9.00. The Balaban J connectivity index is 1.46. The van der Waals surface area contributed by atoms with E-state index in [1.54, 1.807) is 12.1 Å². The van der Waals surface area contributed by atoms with E-state index in [9.17, 15) is 4.79 Å². The number of hydrogen-bond donors (Lipinski definition) is 0. The molecule has 1 aromatic heterocycles. The molecule has 0 radical (unpaired) electrons. The quantitative estimate of drug-likeness (QED) is 0.821. The molecular formula is C19H23ClN4O2. The van der Waals surface area contributed by atoms with E-state index in [2.05, 4.69) is 15.1 Å². The van der Waals surface area contributed by atoms with Gasteiger partial charge in [-0.15, -0.1) is 10.2 Å². The first kappa shape index (κ1) is 17.5. The number of carbonyl (C=O) groups excluding carboxylic acids is 1. The average molecular weight is 375 g/mol. The van der Waals surface area contributed by atoms with Gasteiger partial charge in [-0.3, -0.25) is 9.69 Å². The molecule has 2 aliphatic heterocycles. The standard InChI is InChI=1S/C19H23ClN4O2/c20-15-8-6-14(7-9-15)18-22-21-17(26-18)13-24-12-2-1-5-16(24)19(25)23-10-3-4-11-23/h6-9,16H,1-5,10-13H2. The molecule has 2 aliphatic rings. The number of benzene rings is 1. The van der Waals surface area contributed by atoms with Gasteiger partial charge in [-0.05, 0) is 56.5 Å². The third kappa shape index (κ3) is 3.76. The van der Waals surface area contributed by atoms with E-state index < -0.39 is 0 Å². The van der Waals surface area contributed by atoms with Crippen molar-refractivity contribution in [3.8, 4) is 11.5 Å². The normalized spacial score (nSPS) is 21.3. The Morgan fingerprint density at radius 3 is 2.58 bits per heavy atom. The lowest BCUT2D eigenvalue weighted by Gasteiger charge is -2.35. The van der Waals surface area contributed by atoms with E-state index in [-0.39, 0.29) is 11.9 Å². The maximum absolute atomic E-state index is 12.9. The molecule has 138 valence electrons. The molecule has 3 heterocycles. The summed E-state index contributed by atoms with van der Waals surface area (Å²) in [5.41, 5.74) is 0.844. The van der Waals surface area contributed by atoms with Gasteiger partial charge < -0.3 is 9.32 Å². The summed E-state index contributed by atoms with van der Waals surface area (Å²) in [5.74, 6) is 1.30. The Morgan fingerprint density at radius 2 is 1.81 bits per heavy atom. The number of rotatable bonds is 4. The second-order valence-electron chi connectivity index (χ2n) is 7.02. The van der Waals surface area contributed by atoms with Crippen LogP contribution < -0.4 is 0 Å². The van der Waals surface area contributed by atoms with Crippen molar-refractivity contribution in [2.24, 2.45) is 0 Å². The van der Waals surface area contributed by atoms with E-state index in [1.807, 2.05) is 17.0 Å². The number of carbonyl (C=O) groups is 1. The van der Waals surface area contributed by atoms with Crippen molar-refractivity contribution in [1.82, 2.24) is 20.0 Å². The topological polar surface area (TPSA) is 62.5 Å². The maximum Gasteiger partial charge on any atom is 0.247 e. The van der Waals surface area contributed by atoms with Crippen LogP contribution in [0.15, 0.2) is 28.7 Å². The van der Waals surface area contributed by atoms with E-state index in [1.165, 1.54) is 0 Å². The highest BCUT2D eigenvalue weighted by atomic mass is 35.5. The lowest BCUT2D eigenvalue weighted by Crippen LogP contribution is -2.49. The van der Waals surface area contributed by atoms with Gasteiger partial charge in [0.25, 0.3) is 0 Å². The summed E-state index contributed by atoms with van der Waals surface area (Å²) in [6.45, 7) is 3.20. The first-order chi connectivity index (χ1) is 12.7. The van der Waals surface area contributed by atoms with Crippen LogP contribution in [0.3, 0.4) is 0 Å². The predicted octanol–water partition coefficient (Wildman–Crippen LogP) is 3.37. The van der Waals surface area contributed by atoms with Crippen molar-refractivity contribution in [3.05, 3.63) is 35.2 Å². The van der Waals surface area contributed by atoms with Gasteiger partial charge in [0, 0.05) is 23.7 Å². The first-order valence-electron chi connectivity index (χ1n) is 9.32. The molecule has 0 spiro atoms. The first-order valence-corrected chi connectivity index (χ1v) is 9.70. The van der Waals surface area contributed by atoms with Crippen LogP contribution >= 0.6 is 11.6 Å². The van der Waals surface area contributed by atoms with Gasteiger partial charge in [0.15, 0.2) is 0 Å². The molecule has 1 amide bonds. The van der Waals surface area contributed by atoms with Crippen molar-refractivity contribution in [1.29, 1.82) is 0 Å². The fraction of sp³-hybridized carbons (Fsp3) is 0.526. The molecule has 1 aromatic carbocycles. The second-order valence-corrected chi connectivity index (χ2v) is 7.46.